The van der Waals surface area contributed by atoms with Gasteiger partial charge in [0.25, 0.3) is 5.91 Å². The number of hydrogen-bond donors (Lipinski definition) is 4. The SMILES string of the molecule is Cc1cc(OCC(=O)N[C@H](C(=O)N2C[C@H](O)C[C@H]2C(=O)N[C@@H](C)c2ccc(-c3scnc3C)cc2)C(C)(C)C)ccc1-c1ccc(C2=N[C@@H](C(C)C(=O)O)c3nnc(C)n3-c3sc(C)c(C)c32)cc1. The molecule has 4 N–H and O–H groups in total. The Bertz CT molecular complexity index is 2970. The van der Waals surface area contributed by atoms with E-state index in [1.807, 2.05) is 119 Å². The molecule has 0 radical (unpaired) electrons. The molecule has 360 valence electrons. The Hall–Kier alpha value is -6.56. The molecule has 2 aliphatic rings. The molecule has 15 nitrogen and oxygen atoms in total. The molecule has 8 rings (SSSR count). The summed E-state index contributed by atoms with van der Waals surface area (Å²) in [5.74, 6) is -1.55. The minimum absolute atomic E-state index is 0.0397. The smallest absolute Gasteiger partial charge is 0.308 e. The van der Waals surface area contributed by atoms with Crippen LogP contribution in [0.5, 0.6) is 5.75 Å². The van der Waals surface area contributed by atoms with Gasteiger partial charge in [0.15, 0.2) is 12.4 Å². The number of aromatic nitrogens is 4. The van der Waals surface area contributed by atoms with Crippen LogP contribution in [0.15, 0.2) is 77.2 Å². The van der Waals surface area contributed by atoms with Crippen LogP contribution in [0.3, 0.4) is 0 Å². The van der Waals surface area contributed by atoms with Gasteiger partial charge >= 0.3 is 5.97 Å². The molecule has 1 unspecified atom stereocenters. The topological polar surface area (TPSA) is 201 Å². The van der Waals surface area contributed by atoms with Gasteiger partial charge in [0.05, 0.1) is 39.9 Å². The van der Waals surface area contributed by atoms with Crippen molar-refractivity contribution in [1.82, 2.24) is 35.3 Å². The Morgan fingerprint density at radius 1 is 0.899 bits per heavy atom. The monoisotopic (exact) mass is 970 g/mol. The molecule has 6 aromatic rings. The van der Waals surface area contributed by atoms with Crippen molar-refractivity contribution in [2.75, 3.05) is 13.2 Å². The highest BCUT2D eigenvalue weighted by Gasteiger charge is 2.45. The lowest BCUT2D eigenvalue weighted by Crippen LogP contribution is -2.58. The zero-order valence-electron chi connectivity index (χ0n) is 40.4. The molecule has 0 saturated carbocycles. The molecular weight excluding hydrogens is 913 g/mol. The van der Waals surface area contributed by atoms with Gasteiger partial charge in [-0.3, -0.25) is 28.7 Å². The molecule has 17 heteroatoms. The summed E-state index contributed by atoms with van der Waals surface area (Å²) in [7, 11) is 0. The Morgan fingerprint density at radius 3 is 2.22 bits per heavy atom. The van der Waals surface area contributed by atoms with E-state index in [1.54, 1.807) is 35.7 Å². The molecule has 1 fully saturated rings. The standard InChI is InChI=1S/C52H58N8O7S2/c1-26-21-38(19-20-39(26)34-13-15-35(16-14-34)44-42-27(2)31(6)69-50(42)60-32(7)57-58-47(60)43(56-44)28(3)51(65)66)67-24-41(62)55-46(52(8,9)10)49(64)59-23-37(61)22-40(59)48(63)54-29(4)33-11-17-36(18-12-33)45-30(5)53-25-68-45/h11-21,25,28-29,37,40,43,46,61H,22-24H2,1-10H3,(H,54,63)(H,55,62)(H,65,66)/t28?,29-,37+,40-,43-,46+/m0/s1. The number of carboxylic acid groups (broad SMARTS) is 1. The number of fused-ring (bicyclic) bond motifs is 3. The normalized spacial score (nSPS) is 18.0. The number of hydrogen-bond acceptors (Lipinski definition) is 12. The first-order valence-electron chi connectivity index (χ1n) is 23.0. The average molecular weight is 971 g/mol. The van der Waals surface area contributed by atoms with E-state index in [9.17, 15) is 29.4 Å². The fraction of sp³-hybridized carbons (Fsp3) is 0.385. The van der Waals surface area contributed by atoms with Crippen molar-refractivity contribution in [1.29, 1.82) is 0 Å². The van der Waals surface area contributed by atoms with Crippen molar-refractivity contribution in [3.63, 3.8) is 0 Å². The summed E-state index contributed by atoms with van der Waals surface area (Å²) in [6, 6.07) is 18.4. The third-order valence-corrected chi connectivity index (χ3v) is 15.3. The molecule has 0 spiro atoms. The van der Waals surface area contributed by atoms with Gasteiger partial charge < -0.3 is 30.5 Å². The fourth-order valence-electron chi connectivity index (χ4n) is 9.04. The lowest BCUT2D eigenvalue weighted by Gasteiger charge is -2.35. The number of amides is 3. The number of rotatable bonds is 13. The molecular formula is C52H58N8O7S2. The van der Waals surface area contributed by atoms with Crippen molar-refractivity contribution in [2.45, 2.75) is 106 Å². The van der Waals surface area contributed by atoms with E-state index >= 15 is 0 Å². The first kappa shape index (κ1) is 48.9. The summed E-state index contributed by atoms with van der Waals surface area (Å²) in [5.41, 5.74) is 10.3. The highest BCUT2D eigenvalue weighted by molar-refractivity contribution is 7.15. The number of aliphatic hydroxyl groups is 1. The average Bonchev–Trinajstić information content (AvgIpc) is 4.08. The number of carboxylic acids is 1. The number of β-amino-alcohol motifs (C(OH)–C–C–N with tert-alkyl or cyclic N) is 1. The van der Waals surface area contributed by atoms with Crippen molar-refractivity contribution in [3.05, 3.63) is 122 Å². The van der Waals surface area contributed by atoms with E-state index in [0.717, 1.165) is 65.0 Å². The van der Waals surface area contributed by atoms with Gasteiger partial charge in [-0.2, -0.15) is 0 Å². The van der Waals surface area contributed by atoms with Crippen molar-refractivity contribution < 1.29 is 34.1 Å². The second-order valence-corrected chi connectivity index (χ2v) is 21.2. The Kier molecular flexibility index (Phi) is 13.8. The lowest BCUT2D eigenvalue weighted by atomic mass is 9.85. The molecule has 2 aliphatic heterocycles. The van der Waals surface area contributed by atoms with Gasteiger partial charge in [0, 0.05) is 29.0 Å². The minimum Gasteiger partial charge on any atom is -0.484 e. The number of nitrogens with zero attached hydrogens (tertiary/aromatic N) is 6. The molecule has 3 aromatic heterocycles. The molecule has 5 heterocycles. The molecule has 3 amide bonds. The van der Waals surface area contributed by atoms with E-state index in [1.165, 1.54) is 4.90 Å². The second-order valence-electron chi connectivity index (χ2n) is 19.2. The van der Waals surface area contributed by atoms with Crippen molar-refractivity contribution in [3.8, 4) is 32.3 Å². The number of likely N-dealkylation sites (tertiary alicyclic amines) is 1. The summed E-state index contributed by atoms with van der Waals surface area (Å²) >= 11 is 3.18. The summed E-state index contributed by atoms with van der Waals surface area (Å²) in [6.45, 7) is 18.5. The highest BCUT2D eigenvalue weighted by atomic mass is 32.1. The largest absolute Gasteiger partial charge is 0.484 e. The molecule has 3 aromatic carbocycles. The van der Waals surface area contributed by atoms with Gasteiger partial charge in [-0.25, -0.2) is 4.98 Å². The third-order valence-electron chi connectivity index (χ3n) is 13.1. The first-order valence-corrected chi connectivity index (χ1v) is 24.7. The van der Waals surface area contributed by atoms with Crippen molar-refractivity contribution >= 4 is 52.1 Å². The fourth-order valence-corrected chi connectivity index (χ4v) is 11.1. The van der Waals surface area contributed by atoms with Gasteiger partial charge in [-0.1, -0.05) is 75.4 Å². The predicted molar refractivity (Wildman–Crippen MR) is 267 cm³/mol. The Balaban J connectivity index is 0.925. The second kappa shape index (κ2) is 19.4. The number of aliphatic hydroxyl groups excluding tert-OH is 1. The number of ether oxygens (including phenoxy) is 1. The van der Waals surface area contributed by atoms with E-state index in [0.29, 0.717) is 23.1 Å². The maximum atomic E-state index is 14.3. The summed E-state index contributed by atoms with van der Waals surface area (Å²) in [4.78, 5) is 66.9. The number of aliphatic imine (C=N–C) groups is 1. The summed E-state index contributed by atoms with van der Waals surface area (Å²) in [5, 5.41) is 36.4. The summed E-state index contributed by atoms with van der Waals surface area (Å²) in [6.07, 6.45) is -0.827. The zero-order chi connectivity index (χ0) is 49.6. The predicted octanol–water partition coefficient (Wildman–Crippen LogP) is 8.02. The number of aryl methyl sites for hydroxylation is 4. The third kappa shape index (κ3) is 9.85. The number of carbonyl (C=O) groups excluding carboxylic acids is 3. The summed E-state index contributed by atoms with van der Waals surface area (Å²) < 4.78 is 7.92. The number of carbonyl (C=O) groups is 4. The maximum Gasteiger partial charge on any atom is 0.308 e. The van der Waals surface area contributed by atoms with E-state index in [-0.39, 0.29) is 31.5 Å². The van der Waals surface area contributed by atoms with Crippen molar-refractivity contribution in [2.24, 2.45) is 16.3 Å². The number of thiophene rings is 1. The lowest BCUT2D eigenvalue weighted by molar-refractivity contribution is -0.144. The molecule has 6 atom stereocenters. The van der Waals surface area contributed by atoms with Gasteiger partial charge in [0.1, 0.15) is 34.7 Å². The van der Waals surface area contributed by atoms with Crippen LogP contribution in [-0.2, 0) is 19.2 Å². The van der Waals surface area contributed by atoms with Gasteiger partial charge in [-0.05, 0) is 99.4 Å². The molecule has 0 bridgehead atoms. The van der Waals surface area contributed by atoms with Crippen LogP contribution in [0.2, 0.25) is 0 Å². The Morgan fingerprint density at radius 2 is 1.58 bits per heavy atom. The number of thiazole rings is 1. The Labute approximate surface area is 409 Å². The van der Waals surface area contributed by atoms with Crippen LogP contribution in [0.25, 0.3) is 26.6 Å². The van der Waals surface area contributed by atoms with Crippen LogP contribution in [-0.4, -0.2) is 95.6 Å². The number of aliphatic carboxylic acids is 1. The first-order chi connectivity index (χ1) is 32.7. The maximum absolute atomic E-state index is 14.3. The van der Waals surface area contributed by atoms with Crippen LogP contribution in [0.1, 0.15) is 103 Å². The van der Waals surface area contributed by atoms with Crippen LogP contribution < -0.4 is 15.4 Å². The van der Waals surface area contributed by atoms with E-state index in [2.05, 4.69) is 39.7 Å². The van der Waals surface area contributed by atoms with Crippen LogP contribution in [0.4, 0.5) is 0 Å². The molecule has 69 heavy (non-hydrogen) atoms. The number of benzene rings is 3. The molecule has 1 saturated heterocycles. The van der Waals surface area contributed by atoms with Gasteiger partial charge in [-0.15, -0.1) is 32.9 Å². The highest BCUT2D eigenvalue weighted by Crippen LogP contribution is 2.41. The number of nitrogens with one attached hydrogen (secondary N) is 2. The van der Waals surface area contributed by atoms with Crippen LogP contribution in [0, 0.1) is 46.0 Å². The minimum atomic E-state index is -1.01. The quantitative estimate of drug-likeness (QED) is 0.0878. The van der Waals surface area contributed by atoms with Crippen LogP contribution >= 0.6 is 22.7 Å². The zero-order valence-corrected chi connectivity index (χ0v) is 42.1. The van der Waals surface area contributed by atoms with Gasteiger partial charge in [0.2, 0.25) is 11.8 Å². The van der Waals surface area contributed by atoms with E-state index < -0.39 is 53.3 Å². The van der Waals surface area contributed by atoms with E-state index in [4.69, 9.17) is 9.73 Å². The molecule has 0 aliphatic carbocycles.